The monoisotopic (exact) mass is 386 g/mol. The van der Waals surface area contributed by atoms with Crippen LogP contribution in [0.15, 0.2) is 65.6 Å². The van der Waals surface area contributed by atoms with Gasteiger partial charge in [0.2, 0.25) is 0 Å². The molecule has 0 heterocycles. The number of rotatable bonds is 6. The Hall–Kier alpha value is -2.99. The smallest absolute Gasteiger partial charge is 0.293 e. The molecule has 0 spiro atoms. The van der Waals surface area contributed by atoms with Crippen LogP contribution in [0.1, 0.15) is 26.7 Å². The van der Waals surface area contributed by atoms with Gasteiger partial charge >= 0.3 is 0 Å². The molecule has 27 heavy (non-hydrogen) atoms. The summed E-state index contributed by atoms with van der Waals surface area (Å²) in [5.41, 5.74) is 1.46. The molecule has 3 rings (SSSR count). The van der Waals surface area contributed by atoms with Gasteiger partial charge in [0, 0.05) is 5.56 Å². The van der Waals surface area contributed by atoms with Crippen LogP contribution in [-0.4, -0.2) is 22.5 Å². The molecule has 4 nitrogen and oxygen atoms in total. The third-order valence-electron chi connectivity index (χ3n) is 3.98. The number of thioether (sulfide) groups is 1. The van der Waals surface area contributed by atoms with Gasteiger partial charge in [-0.05, 0) is 66.6 Å². The van der Waals surface area contributed by atoms with E-state index in [1.54, 1.807) is 19.1 Å². The van der Waals surface area contributed by atoms with Crippen LogP contribution in [0.4, 0.5) is 4.39 Å². The highest BCUT2D eigenvalue weighted by molar-refractivity contribution is 8.00. The van der Waals surface area contributed by atoms with Crippen molar-refractivity contribution in [1.82, 2.24) is 0 Å². The van der Waals surface area contributed by atoms with Crippen LogP contribution in [0.2, 0.25) is 0 Å². The fourth-order valence-electron chi connectivity index (χ4n) is 2.64. The lowest BCUT2D eigenvalue weighted by molar-refractivity contribution is 0.0989. The lowest BCUT2D eigenvalue weighted by Crippen LogP contribution is -2.10. The minimum Gasteiger partial charge on any atom is -0.508 e. The average Bonchev–Trinajstić information content (AvgIpc) is 2.68. The topological polar surface area (TPSA) is 77.8 Å². The van der Waals surface area contributed by atoms with E-state index in [9.17, 15) is 19.4 Å². The molecule has 3 N–H and O–H groups in total. The van der Waals surface area contributed by atoms with Crippen molar-refractivity contribution in [1.29, 1.82) is 1.43 Å². The van der Waals surface area contributed by atoms with Crippen molar-refractivity contribution in [3.05, 3.63) is 83.2 Å². The van der Waals surface area contributed by atoms with Gasteiger partial charge in [-0.15, -0.1) is 11.8 Å². The number of hydrogen-bond donors (Lipinski definition) is 3. The van der Waals surface area contributed by atoms with Crippen molar-refractivity contribution in [2.45, 2.75) is 17.1 Å². The highest BCUT2D eigenvalue weighted by atomic mass is 32.2. The van der Waals surface area contributed by atoms with Gasteiger partial charge < -0.3 is 15.3 Å². The molecule has 0 saturated heterocycles. The molecule has 0 aliphatic carbocycles. The normalized spacial score (nSPS) is 12.3. The van der Waals surface area contributed by atoms with E-state index in [0.717, 1.165) is 11.8 Å². The Morgan fingerprint density at radius 3 is 2.26 bits per heavy atom. The Bertz CT molecular complexity index is 967. The number of aromatic hydroxyl groups is 3. The summed E-state index contributed by atoms with van der Waals surface area (Å²) in [6.07, 6.45) is 0. The van der Waals surface area contributed by atoms with Crippen molar-refractivity contribution in [2.24, 2.45) is 0 Å². The zero-order valence-electron chi connectivity index (χ0n) is 15.3. The number of benzene rings is 3. The van der Waals surface area contributed by atoms with E-state index in [1.807, 2.05) is 0 Å². The van der Waals surface area contributed by atoms with E-state index in [0.29, 0.717) is 22.4 Å². The van der Waals surface area contributed by atoms with Crippen LogP contribution in [0.3, 0.4) is 0 Å². The molecule has 0 aliphatic heterocycles. The molecule has 0 saturated carbocycles. The molecular weight excluding hydrogens is 367 g/mol. The van der Waals surface area contributed by atoms with E-state index >= 15 is 0 Å². The van der Waals surface area contributed by atoms with Gasteiger partial charge in [-0.1, -0.05) is 12.1 Å². The van der Waals surface area contributed by atoms with E-state index in [2.05, 4.69) is 5.11 Å². The highest BCUT2D eigenvalue weighted by Crippen LogP contribution is 2.43. The third kappa shape index (κ3) is 4.23. The fraction of sp³-hybridized carbons (Fsp3) is 0.0952. The summed E-state index contributed by atoms with van der Waals surface area (Å²) in [6.45, 7) is 1.66. The summed E-state index contributed by atoms with van der Waals surface area (Å²) in [5, 5.41) is 23.2. The van der Waals surface area contributed by atoms with Crippen LogP contribution >= 0.6 is 11.8 Å². The van der Waals surface area contributed by atoms with Crippen molar-refractivity contribution < 1.29 is 24.5 Å². The molecule has 1 unspecified atom stereocenters. The molecule has 3 aromatic carbocycles. The summed E-state index contributed by atoms with van der Waals surface area (Å²) in [5.74, 6) is -0.841. The Balaban J connectivity index is 2.03. The summed E-state index contributed by atoms with van der Waals surface area (Å²) in [4.78, 5) is 13.1. The Morgan fingerprint density at radius 2 is 1.67 bits per heavy atom. The van der Waals surface area contributed by atoms with E-state index in [4.69, 9.17) is 1.43 Å². The summed E-state index contributed by atoms with van der Waals surface area (Å²) >= 11 is 0.900. The first-order valence-electron chi connectivity index (χ1n) is 8.52. The van der Waals surface area contributed by atoms with Gasteiger partial charge in [-0.2, -0.15) is 0 Å². The first kappa shape index (κ1) is 17.4. The van der Waals surface area contributed by atoms with E-state index in [-0.39, 0.29) is 22.2 Å². The maximum absolute atomic E-state index is 14.5. The molecular formula is C21H17FO4S. The van der Waals surface area contributed by atoms with Crippen molar-refractivity contribution in [3.63, 3.8) is 0 Å². The number of hydrogen-bond acceptors (Lipinski definition) is 5. The quantitative estimate of drug-likeness (QED) is 0.412. The van der Waals surface area contributed by atoms with Gasteiger partial charge in [-0.25, -0.2) is 4.39 Å². The molecule has 138 valence electrons. The van der Waals surface area contributed by atoms with Gasteiger partial charge in [0.15, 0.2) is 5.78 Å². The predicted molar refractivity (Wildman–Crippen MR) is 102 cm³/mol. The molecule has 0 fully saturated rings. The summed E-state index contributed by atoms with van der Waals surface area (Å²) < 4.78 is 21.4. The maximum atomic E-state index is 14.5. The maximum Gasteiger partial charge on any atom is 0.293 e. The number of Topliss-reactive ketones (excluding diaryl/α,β-unsaturated/α-hetero) is 1. The number of aryl methyl sites for hydroxylation is 1. The summed E-state index contributed by atoms with van der Waals surface area (Å²) in [7, 11) is 0. The third-order valence-corrected chi connectivity index (χ3v) is 5.34. The Morgan fingerprint density at radius 1 is 1.04 bits per heavy atom. The minimum atomic E-state index is -0.854. The van der Waals surface area contributed by atoms with Crippen LogP contribution < -0.4 is 0 Å². The fourth-order valence-corrected chi connectivity index (χ4v) is 3.76. The second kappa shape index (κ2) is 7.72. The van der Waals surface area contributed by atoms with Crippen molar-refractivity contribution in [3.8, 4) is 17.2 Å². The molecule has 3 aromatic rings. The van der Waals surface area contributed by atoms with Crippen LogP contribution in [-0.2, 0) is 0 Å². The number of phenols is 3. The van der Waals surface area contributed by atoms with E-state index in [1.165, 1.54) is 48.5 Å². The lowest BCUT2D eigenvalue weighted by atomic mass is 10.0. The SMILES string of the molecule is [3H]Oc1ccc(C(Sc2c(O)cc(C)cc2F)C(=O)c2ccc(O)cc2)cc1. The average molecular weight is 386 g/mol. The zero-order valence-corrected chi connectivity index (χ0v) is 15.2. The van der Waals surface area contributed by atoms with Crippen molar-refractivity contribution >= 4 is 17.5 Å². The van der Waals surface area contributed by atoms with Gasteiger partial charge in [0.05, 0.1) is 10.1 Å². The number of phenolic OH excluding ortho intramolecular Hbond substituents is 3. The lowest BCUT2D eigenvalue weighted by Gasteiger charge is -2.18. The Labute approximate surface area is 161 Å². The zero-order chi connectivity index (χ0) is 20.3. The van der Waals surface area contributed by atoms with E-state index < -0.39 is 11.1 Å². The second-order valence-electron chi connectivity index (χ2n) is 6.07. The van der Waals surface area contributed by atoms with Gasteiger partial charge in [0.1, 0.15) is 23.1 Å². The predicted octanol–water partition coefficient (Wildman–Crippen LogP) is 4.97. The largest absolute Gasteiger partial charge is 0.508 e. The molecule has 0 bridgehead atoms. The van der Waals surface area contributed by atoms with Crippen LogP contribution in [0, 0.1) is 12.7 Å². The van der Waals surface area contributed by atoms with Crippen molar-refractivity contribution in [2.75, 3.05) is 0 Å². The standard InChI is InChI=1S/C21H17FO4S/c1-12-10-17(22)21(18(25)11-12)27-20(14-4-8-16(24)9-5-14)19(26)13-2-6-15(23)7-3-13/h2-11,20,23-25H,1H3/i/hT. The van der Waals surface area contributed by atoms with Crippen LogP contribution in [0.25, 0.3) is 0 Å². The molecule has 0 amide bonds. The summed E-state index contributed by atoms with van der Waals surface area (Å²) in [6, 6.07) is 14.8. The first-order chi connectivity index (χ1) is 13.4. The number of carbonyl (C=O) groups excluding carboxylic acids is 1. The van der Waals surface area contributed by atoms with Gasteiger partial charge in [0.25, 0.3) is 1.43 Å². The molecule has 0 radical (unpaired) electrons. The highest BCUT2D eigenvalue weighted by Gasteiger charge is 2.26. The molecule has 0 aliphatic rings. The second-order valence-corrected chi connectivity index (χ2v) is 7.19. The van der Waals surface area contributed by atoms with Gasteiger partial charge in [-0.3, -0.25) is 4.79 Å². The number of halogens is 1. The first-order valence-corrected chi connectivity index (χ1v) is 8.99. The Kier molecular flexibility index (Phi) is 4.98. The molecule has 6 heteroatoms. The number of ketones is 1. The molecule has 0 aromatic heterocycles. The number of carbonyl (C=O) groups is 1. The minimum absolute atomic E-state index is 0.0245. The van der Waals surface area contributed by atoms with Crippen LogP contribution in [0.5, 0.6) is 17.2 Å². The molecule has 1 atom stereocenters.